The number of benzene rings is 2. The maximum Gasteiger partial charge on any atom is 0.303 e. The van der Waals surface area contributed by atoms with Crippen LogP contribution >= 0.6 is 7.26 Å². The van der Waals surface area contributed by atoms with Gasteiger partial charge in [0.15, 0.2) is 0 Å². The first-order chi connectivity index (χ1) is 15.1. The summed E-state index contributed by atoms with van der Waals surface area (Å²) in [5, 5.41) is 12.8. The third-order valence-corrected chi connectivity index (χ3v) is 10.3. The van der Waals surface area contributed by atoms with Crippen molar-refractivity contribution in [2.75, 3.05) is 6.16 Å². The van der Waals surface area contributed by atoms with Crippen molar-refractivity contribution in [3.63, 3.8) is 0 Å². The Bertz CT molecular complexity index is 800. The molecule has 0 aliphatic heterocycles. The van der Waals surface area contributed by atoms with E-state index in [2.05, 4.69) is 79.9 Å². The van der Waals surface area contributed by atoms with Crippen molar-refractivity contribution in [1.29, 1.82) is 0 Å². The van der Waals surface area contributed by atoms with Gasteiger partial charge < -0.3 is 5.11 Å². The van der Waals surface area contributed by atoms with E-state index in [1.165, 1.54) is 35.2 Å². The number of carboxylic acids is 1. The molecular formula is C28H36O2P+. The fourth-order valence-electron chi connectivity index (χ4n) is 4.18. The van der Waals surface area contributed by atoms with Crippen molar-refractivity contribution in [3.05, 3.63) is 97.4 Å². The van der Waals surface area contributed by atoms with Gasteiger partial charge in [-0.3, -0.25) is 4.79 Å². The van der Waals surface area contributed by atoms with Gasteiger partial charge in [-0.05, 0) is 55.7 Å². The van der Waals surface area contributed by atoms with Gasteiger partial charge >= 0.3 is 5.97 Å². The Balaban J connectivity index is 2.15. The molecule has 2 aromatic rings. The quantitative estimate of drug-likeness (QED) is 0.184. The van der Waals surface area contributed by atoms with E-state index in [-0.39, 0.29) is 0 Å². The van der Waals surface area contributed by atoms with Gasteiger partial charge in [-0.15, -0.1) is 0 Å². The van der Waals surface area contributed by atoms with Gasteiger partial charge in [-0.25, -0.2) is 0 Å². The monoisotopic (exact) mass is 435 g/mol. The van der Waals surface area contributed by atoms with E-state index in [9.17, 15) is 4.79 Å². The molecule has 2 rings (SSSR count). The largest absolute Gasteiger partial charge is 0.481 e. The minimum atomic E-state index is -1.80. The van der Waals surface area contributed by atoms with Crippen molar-refractivity contribution < 1.29 is 9.90 Å². The Morgan fingerprint density at radius 2 is 1.26 bits per heavy atom. The molecule has 2 aromatic carbocycles. The molecule has 164 valence electrons. The summed E-state index contributed by atoms with van der Waals surface area (Å²) in [6.07, 6.45) is 15.1. The SMILES string of the molecule is C=C/C=C(\C=C)[P+](CCCCCCCCCC(=O)O)(c1ccccc1)c1ccccc1. The second-order valence-corrected chi connectivity index (χ2v) is 11.5. The van der Waals surface area contributed by atoms with Crippen LogP contribution in [0.5, 0.6) is 0 Å². The number of carbonyl (C=O) groups is 1. The summed E-state index contributed by atoms with van der Waals surface area (Å²) in [5.41, 5.74) is 0. The molecule has 1 N–H and O–H groups in total. The van der Waals surface area contributed by atoms with Crippen LogP contribution < -0.4 is 10.6 Å². The number of unbranched alkanes of at least 4 members (excludes halogenated alkanes) is 6. The third-order valence-electron chi connectivity index (χ3n) is 5.72. The molecular weight excluding hydrogens is 399 g/mol. The molecule has 0 aliphatic rings. The molecule has 0 saturated carbocycles. The van der Waals surface area contributed by atoms with Gasteiger partial charge in [0.05, 0.1) is 6.16 Å². The Morgan fingerprint density at radius 3 is 1.71 bits per heavy atom. The van der Waals surface area contributed by atoms with Gasteiger partial charge in [0, 0.05) is 6.42 Å². The maximum atomic E-state index is 10.6. The lowest BCUT2D eigenvalue weighted by molar-refractivity contribution is -0.137. The zero-order valence-corrected chi connectivity index (χ0v) is 19.5. The zero-order chi connectivity index (χ0) is 22.4. The van der Waals surface area contributed by atoms with E-state index in [1.807, 2.05) is 12.2 Å². The average Bonchev–Trinajstić information content (AvgIpc) is 2.80. The summed E-state index contributed by atoms with van der Waals surface area (Å²) in [5.74, 6) is -0.687. The summed E-state index contributed by atoms with van der Waals surface area (Å²) in [6, 6.07) is 21.8. The van der Waals surface area contributed by atoms with Gasteiger partial charge in [-0.2, -0.15) is 0 Å². The summed E-state index contributed by atoms with van der Waals surface area (Å²) in [4.78, 5) is 10.6. The normalized spacial score (nSPS) is 11.8. The van der Waals surface area contributed by atoms with E-state index in [0.717, 1.165) is 31.8 Å². The highest BCUT2D eigenvalue weighted by atomic mass is 31.2. The smallest absolute Gasteiger partial charge is 0.303 e. The highest BCUT2D eigenvalue weighted by Crippen LogP contribution is 2.64. The molecule has 3 heteroatoms. The van der Waals surface area contributed by atoms with Crippen molar-refractivity contribution in [2.45, 2.75) is 51.4 Å². The van der Waals surface area contributed by atoms with E-state index < -0.39 is 13.2 Å². The highest BCUT2D eigenvalue weighted by molar-refractivity contribution is 7.93. The number of rotatable bonds is 15. The Hall–Kier alpha value is -2.44. The molecule has 0 saturated heterocycles. The second kappa shape index (κ2) is 13.8. The summed E-state index contributed by atoms with van der Waals surface area (Å²) in [6.45, 7) is 8.13. The van der Waals surface area contributed by atoms with Gasteiger partial charge in [0.25, 0.3) is 0 Å². The topological polar surface area (TPSA) is 37.3 Å². The van der Waals surface area contributed by atoms with Crippen molar-refractivity contribution in [2.24, 2.45) is 0 Å². The van der Waals surface area contributed by atoms with Crippen LogP contribution in [-0.2, 0) is 4.79 Å². The molecule has 0 aliphatic carbocycles. The Labute approximate surface area is 188 Å². The van der Waals surface area contributed by atoms with Crippen LogP contribution in [0.2, 0.25) is 0 Å². The fourth-order valence-corrected chi connectivity index (χ4v) is 8.58. The number of allylic oxidation sites excluding steroid dienone is 4. The molecule has 0 atom stereocenters. The van der Waals surface area contributed by atoms with E-state index in [0.29, 0.717) is 6.42 Å². The highest BCUT2D eigenvalue weighted by Gasteiger charge is 2.45. The third kappa shape index (κ3) is 7.33. The van der Waals surface area contributed by atoms with Crippen LogP contribution in [0.4, 0.5) is 0 Å². The first-order valence-electron chi connectivity index (χ1n) is 11.3. The minimum absolute atomic E-state index is 0.293. The Morgan fingerprint density at radius 1 is 0.774 bits per heavy atom. The molecule has 0 heterocycles. The predicted octanol–water partition coefficient (Wildman–Crippen LogP) is 7.12. The summed E-state index contributed by atoms with van der Waals surface area (Å²) < 4.78 is 0. The molecule has 0 bridgehead atoms. The summed E-state index contributed by atoms with van der Waals surface area (Å²) >= 11 is 0. The predicted molar refractivity (Wildman–Crippen MR) is 137 cm³/mol. The molecule has 0 amide bonds. The van der Waals surface area contributed by atoms with Crippen LogP contribution in [0.1, 0.15) is 51.4 Å². The first-order valence-corrected chi connectivity index (χ1v) is 13.3. The standard InChI is InChI=1S/C28H35O2P/c1-3-18-25(4-2)31(26-19-12-10-13-20-26,27-21-14-11-15-22-27)24-17-9-7-5-6-8-16-23-28(29)30/h3-4,10-15,18-22H,1-2,5-9,16-17,23-24H2/p+1/b25-18+. The van der Waals surface area contributed by atoms with Crippen LogP contribution in [0.3, 0.4) is 0 Å². The minimum Gasteiger partial charge on any atom is -0.481 e. The van der Waals surface area contributed by atoms with Crippen molar-refractivity contribution in [3.8, 4) is 0 Å². The number of aliphatic carboxylic acids is 1. The zero-order valence-electron chi connectivity index (χ0n) is 18.6. The van der Waals surface area contributed by atoms with E-state index in [4.69, 9.17) is 5.11 Å². The molecule has 0 spiro atoms. The maximum absolute atomic E-state index is 10.6. The number of hydrogen-bond donors (Lipinski definition) is 1. The van der Waals surface area contributed by atoms with E-state index >= 15 is 0 Å². The van der Waals surface area contributed by atoms with Crippen molar-refractivity contribution >= 4 is 23.8 Å². The average molecular weight is 436 g/mol. The number of hydrogen-bond acceptors (Lipinski definition) is 1. The van der Waals surface area contributed by atoms with E-state index in [1.54, 1.807) is 0 Å². The first kappa shape index (κ1) is 24.8. The molecule has 2 nitrogen and oxygen atoms in total. The Kier molecular flexibility index (Phi) is 11.0. The van der Waals surface area contributed by atoms with Gasteiger partial charge in [0.2, 0.25) is 0 Å². The van der Waals surface area contributed by atoms with Gasteiger partial charge in [0.1, 0.15) is 23.2 Å². The molecule has 0 unspecified atom stereocenters. The van der Waals surface area contributed by atoms with Crippen LogP contribution in [0.15, 0.2) is 97.4 Å². The summed E-state index contributed by atoms with van der Waals surface area (Å²) in [7, 11) is -1.80. The van der Waals surface area contributed by atoms with Gasteiger partial charge in [-0.1, -0.05) is 81.3 Å². The van der Waals surface area contributed by atoms with Crippen LogP contribution in [0, 0.1) is 0 Å². The van der Waals surface area contributed by atoms with Crippen LogP contribution in [-0.4, -0.2) is 17.2 Å². The molecule has 0 fully saturated rings. The fraction of sp³-hybridized carbons (Fsp3) is 0.321. The van der Waals surface area contributed by atoms with Crippen molar-refractivity contribution in [1.82, 2.24) is 0 Å². The molecule has 31 heavy (non-hydrogen) atoms. The molecule has 0 radical (unpaired) electrons. The lowest BCUT2D eigenvalue weighted by Crippen LogP contribution is -2.26. The lowest BCUT2D eigenvalue weighted by Gasteiger charge is -2.28. The molecule has 0 aromatic heterocycles. The lowest BCUT2D eigenvalue weighted by atomic mass is 10.1. The second-order valence-electron chi connectivity index (χ2n) is 7.85. The number of carboxylic acid groups (broad SMARTS) is 1. The van der Waals surface area contributed by atoms with Crippen LogP contribution in [0.25, 0.3) is 0 Å².